The van der Waals surface area contributed by atoms with Crippen molar-refractivity contribution in [3.63, 3.8) is 0 Å². The summed E-state index contributed by atoms with van der Waals surface area (Å²) in [4.78, 5) is 24.8. The average Bonchev–Trinajstić information content (AvgIpc) is 2.50. The standard InChI is InChI=1S/C15H21NO4/c1-4-16(10-12(2)14(17)19-3)15(18)20-11-13-8-6-5-7-9-13/h5-9,12H,4,10-11H2,1-3H3. The van der Waals surface area contributed by atoms with Crippen LogP contribution in [0.4, 0.5) is 4.79 Å². The van der Waals surface area contributed by atoms with Crippen molar-refractivity contribution in [3.8, 4) is 0 Å². The smallest absolute Gasteiger partial charge is 0.410 e. The SMILES string of the molecule is CCN(CC(C)C(=O)OC)C(=O)OCc1ccccc1. The lowest BCUT2D eigenvalue weighted by Gasteiger charge is -2.22. The van der Waals surface area contributed by atoms with E-state index in [1.165, 1.54) is 12.0 Å². The second-order valence-electron chi connectivity index (χ2n) is 4.50. The van der Waals surface area contributed by atoms with Crippen LogP contribution in [-0.2, 0) is 20.9 Å². The number of hydrogen-bond donors (Lipinski definition) is 0. The van der Waals surface area contributed by atoms with Gasteiger partial charge in [-0.3, -0.25) is 4.79 Å². The van der Waals surface area contributed by atoms with Crippen molar-refractivity contribution < 1.29 is 19.1 Å². The van der Waals surface area contributed by atoms with Gasteiger partial charge in [-0.25, -0.2) is 4.79 Å². The first-order valence-corrected chi connectivity index (χ1v) is 6.62. The number of ether oxygens (including phenoxy) is 2. The van der Waals surface area contributed by atoms with E-state index >= 15 is 0 Å². The highest BCUT2D eigenvalue weighted by molar-refractivity contribution is 5.73. The van der Waals surface area contributed by atoms with E-state index in [1.807, 2.05) is 37.3 Å². The van der Waals surface area contributed by atoms with Gasteiger partial charge in [0.05, 0.1) is 13.0 Å². The maximum absolute atomic E-state index is 11.9. The van der Waals surface area contributed by atoms with Crippen LogP contribution >= 0.6 is 0 Å². The van der Waals surface area contributed by atoms with Gasteiger partial charge in [-0.1, -0.05) is 37.3 Å². The number of methoxy groups -OCH3 is 1. The minimum Gasteiger partial charge on any atom is -0.469 e. The van der Waals surface area contributed by atoms with Gasteiger partial charge in [0, 0.05) is 13.1 Å². The van der Waals surface area contributed by atoms with Crippen LogP contribution in [0.1, 0.15) is 19.4 Å². The molecule has 0 spiro atoms. The second kappa shape index (κ2) is 8.19. The van der Waals surface area contributed by atoms with Crippen LogP contribution in [0.2, 0.25) is 0 Å². The number of hydrogen-bond acceptors (Lipinski definition) is 4. The summed E-state index contributed by atoms with van der Waals surface area (Å²) in [6.07, 6.45) is -0.424. The molecule has 5 heteroatoms. The van der Waals surface area contributed by atoms with Gasteiger partial charge in [0.15, 0.2) is 0 Å². The highest BCUT2D eigenvalue weighted by atomic mass is 16.6. The molecule has 110 valence electrons. The van der Waals surface area contributed by atoms with Crippen LogP contribution in [0, 0.1) is 5.92 Å². The van der Waals surface area contributed by atoms with Crippen LogP contribution in [0.25, 0.3) is 0 Å². The van der Waals surface area contributed by atoms with Crippen molar-refractivity contribution in [2.45, 2.75) is 20.5 Å². The van der Waals surface area contributed by atoms with E-state index in [1.54, 1.807) is 6.92 Å². The molecule has 0 saturated carbocycles. The van der Waals surface area contributed by atoms with Crippen molar-refractivity contribution in [2.75, 3.05) is 20.2 Å². The molecule has 1 aromatic rings. The summed E-state index contributed by atoms with van der Waals surface area (Å²) in [5.74, 6) is -0.705. The first-order valence-electron chi connectivity index (χ1n) is 6.62. The summed E-state index contributed by atoms with van der Waals surface area (Å²) < 4.78 is 9.88. The molecule has 20 heavy (non-hydrogen) atoms. The Morgan fingerprint density at radius 1 is 1.25 bits per heavy atom. The molecular weight excluding hydrogens is 258 g/mol. The fourth-order valence-corrected chi connectivity index (χ4v) is 1.75. The van der Waals surface area contributed by atoms with E-state index in [0.29, 0.717) is 6.54 Å². The van der Waals surface area contributed by atoms with Gasteiger partial charge in [-0.2, -0.15) is 0 Å². The topological polar surface area (TPSA) is 55.8 Å². The number of amides is 1. The Kier molecular flexibility index (Phi) is 6.56. The zero-order valence-corrected chi connectivity index (χ0v) is 12.2. The number of carbonyl (C=O) groups is 2. The molecule has 0 bridgehead atoms. The summed E-state index contributed by atoms with van der Waals surface area (Å²) in [6.45, 7) is 4.56. The van der Waals surface area contributed by atoms with E-state index in [4.69, 9.17) is 4.74 Å². The first-order chi connectivity index (χ1) is 9.58. The number of esters is 1. The molecule has 1 unspecified atom stereocenters. The summed E-state index contributed by atoms with van der Waals surface area (Å²) >= 11 is 0. The summed E-state index contributed by atoms with van der Waals surface area (Å²) in [5.41, 5.74) is 0.929. The molecule has 0 heterocycles. The number of carbonyl (C=O) groups excluding carboxylic acids is 2. The average molecular weight is 279 g/mol. The fourth-order valence-electron chi connectivity index (χ4n) is 1.75. The summed E-state index contributed by atoms with van der Waals surface area (Å²) in [5, 5.41) is 0. The number of benzene rings is 1. The Labute approximate surface area is 119 Å². The molecule has 0 aliphatic carbocycles. The number of nitrogens with zero attached hydrogens (tertiary/aromatic N) is 1. The maximum Gasteiger partial charge on any atom is 0.410 e. The minimum atomic E-state index is -0.424. The monoisotopic (exact) mass is 279 g/mol. The lowest BCUT2D eigenvalue weighted by atomic mass is 10.2. The van der Waals surface area contributed by atoms with Crippen LogP contribution in [0.15, 0.2) is 30.3 Å². The van der Waals surface area contributed by atoms with Crippen molar-refractivity contribution in [1.29, 1.82) is 0 Å². The molecule has 0 N–H and O–H groups in total. The van der Waals surface area contributed by atoms with Crippen LogP contribution in [-0.4, -0.2) is 37.2 Å². The molecule has 0 radical (unpaired) electrons. The third kappa shape index (κ3) is 4.91. The maximum atomic E-state index is 11.9. The largest absolute Gasteiger partial charge is 0.469 e. The normalized spacial score (nSPS) is 11.6. The molecule has 1 atom stereocenters. The molecule has 1 rings (SSSR count). The molecule has 5 nitrogen and oxygen atoms in total. The zero-order chi connectivity index (χ0) is 15.0. The van der Waals surface area contributed by atoms with Gasteiger partial charge < -0.3 is 14.4 Å². The Hall–Kier alpha value is -2.04. The highest BCUT2D eigenvalue weighted by Crippen LogP contribution is 2.07. The minimum absolute atomic E-state index is 0.225. The number of rotatable bonds is 6. The Morgan fingerprint density at radius 2 is 1.90 bits per heavy atom. The van der Waals surface area contributed by atoms with E-state index in [9.17, 15) is 9.59 Å². The van der Waals surface area contributed by atoms with Crippen LogP contribution < -0.4 is 0 Å². The van der Waals surface area contributed by atoms with Crippen LogP contribution in [0.3, 0.4) is 0 Å². The molecule has 0 fully saturated rings. The van der Waals surface area contributed by atoms with E-state index in [-0.39, 0.29) is 25.0 Å². The van der Waals surface area contributed by atoms with Gasteiger partial charge in [-0.15, -0.1) is 0 Å². The summed E-state index contributed by atoms with van der Waals surface area (Å²) in [7, 11) is 1.34. The van der Waals surface area contributed by atoms with Gasteiger partial charge in [-0.05, 0) is 12.5 Å². The second-order valence-corrected chi connectivity index (χ2v) is 4.50. The predicted octanol–water partition coefficient (Wildman–Crippen LogP) is 2.45. The molecular formula is C15H21NO4. The third-order valence-electron chi connectivity index (χ3n) is 2.94. The molecule has 0 aliphatic rings. The quantitative estimate of drug-likeness (QED) is 0.751. The van der Waals surface area contributed by atoms with E-state index < -0.39 is 6.09 Å². The fraction of sp³-hybridized carbons (Fsp3) is 0.467. The predicted molar refractivity (Wildman–Crippen MR) is 75.1 cm³/mol. The Balaban J connectivity index is 2.48. The Bertz CT molecular complexity index is 433. The lowest BCUT2D eigenvalue weighted by molar-refractivity contribution is -0.145. The summed E-state index contributed by atoms with van der Waals surface area (Å²) in [6, 6.07) is 9.46. The Morgan fingerprint density at radius 3 is 2.45 bits per heavy atom. The first kappa shape index (κ1) is 16.0. The molecule has 0 aromatic heterocycles. The third-order valence-corrected chi connectivity index (χ3v) is 2.94. The van der Waals surface area contributed by atoms with Crippen LogP contribution in [0.5, 0.6) is 0 Å². The zero-order valence-electron chi connectivity index (χ0n) is 12.2. The van der Waals surface area contributed by atoms with Crippen molar-refractivity contribution in [1.82, 2.24) is 4.90 Å². The van der Waals surface area contributed by atoms with Crippen molar-refractivity contribution in [3.05, 3.63) is 35.9 Å². The lowest BCUT2D eigenvalue weighted by Crippen LogP contribution is -2.37. The molecule has 1 aromatic carbocycles. The van der Waals surface area contributed by atoms with Gasteiger partial charge in [0.25, 0.3) is 0 Å². The highest BCUT2D eigenvalue weighted by Gasteiger charge is 2.21. The molecule has 0 aliphatic heterocycles. The van der Waals surface area contributed by atoms with Crippen molar-refractivity contribution >= 4 is 12.1 Å². The molecule has 1 amide bonds. The van der Waals surface area contributed by atoms with E-state index in [0.717, 1.165) is 5.56 Å². The van der Waals surface area contributed by atoms with Gasteiger partial charge in [0.1, 0.15) is 6.61 Å². The van der Waals surface area contributed by atoms with Gasteiger partial charge in [0.2, 0.25) is 0 Å². The van der Waals surface area contributed by atoms with E-state index in [2.05, 4.69) is 4.74 Å². The molecule has 0 saturated heterocycles. The van der Waals surface area contributed by atoms with Crippen molar-refractivity contribution in [2.24, 2.45) is 5.92 Å². The van der Waals surface area contributed by atoms with Gasteiger partial charge >= 0.3 is 12.1 Å².